The van der Waals surface area contributed by atoms with Crippen LogP contribution in [0.4, 0.5) is 0 Å². The molecule has 1 aliphatic rings. The minimum absolute atomic E-state index is 0.288. The molecule has 5 heteroatoms. The molecule has 1 unspecified atom stereocenters. The Labute approximate surface area is 170 Å². The SMILES string of the molecule is COc1ccc(C2=NC(c3ccccc3)N=C2/C=N/OCc2ccccc2)cc1. The van der Waals surface area contributed by atoms with Crippen molar-refractivity contribution in [2.24, 2.45) is 15.1 Å². The monoisotopic (exact) mass is 383 g/mol. The predicted molar refractivity (Wildman–Crippen MR) is 116 cm³/mol. The van der Waals surface area contributed by atoms with E-state index in [1.165, 1.54) is 0 Å². The third kappa shape index (κ3) is 4.58. The number of ether oxygens (including phenoxy) is 1. The van der Waals surface area contributed by atoms with Crippen LogP contribution < -0.4 is 4.74 Å². The van der Waals surface area contributed by atoms with Gasteiger partial charge in [0.05, 0.1) is 19.0 Å². The van der Waals surface area contributed by atoms with Gasteiger partial charge in [-0.2, -0.15) is 0 Å². The molecule has 144 valence electrons. The van der Waals surface area contributed by atoms with Crippen LogP contribution in [0.5, 0.6) is 5.75 Å². The number of hydrogen-bond donors (Lipinski definition) is 0. The van der Waals surface area contributed by atoms with Crippen LogP contribution >= 0.6 is 0 Å². The minimum atomic E-state index is -0.288. The molecule has 0 saturated heterocycles. The highest BCUT2D eigenvalue weighted by atomic mass is 16.6. The van der Waals surface area contributed by atoms with Gasteiger partial charge < -0.3 is 9.57 Å². The molecule has 3 aromatic carbocycles. The van der Waals surface area contributed by atoms with Crippen LogP contribution in [-0.2, 0) is 11.4 Å². The van der Waals surface area contributed by atoms with Gasteiger partial charge >= 0.3 is 0 Å². The van der Waals surface area contributed by atoms with Crippen LogP contribution in [0.1, 0.15) is 22.9 Å². The lowest BCUT2D eigenvalue weighted by Crippen LogP contribution is -2.14. The summed E-state index contributed by atoms with van der Waals surface area (Å²) in [6.45, 7) is 0.405. The maximum Gasteiger partial charge on any atom is 0.166 e. The fourth-order valence-corrected chi connectivity index (χ4v) is 3.02. The number of rotatable bonds is 7. The zero-order valence-electron chi connectivity index (χ0n) is 16.1. The average molecular weight is 383 g/mol. The molecular weight excluding hydrogens is 362 g/mol. The number of methoxy groups -OCH3 is 1. The molecule has 0 bridgehead atoms. The van der Waals surface area contributed by atoms with Crippen molar-refractivity contribution in [3.63, 3.8) is 0 Å². The number of benzene rings is 3. The smallest absolute Gasteiger partial charge is 0.166 e. The van der Waals surface area contributed by atoms with Gasteiger partial charge in [-0.3, -0.25) is 4.99 Å². The first-order valence-electron chi connectivity index (χ1n) is 9.38. The molecule has 0 N–H and O–H groups in total. The van der Waals surface area contributed by atoms with Gasteiger partial charge in [0.15, 0.2) is 6.17 Å². The van der Waals surface area contributed by atoms with E-state index in [0.29, 0.717) is 12.3 Å². The second-order valence-corrected chi connectivity index (χ2v) is 6.50. The summed E-state index contributed by atoms with van der Waals surface area (Å²) in [4.78, 5) is 15.0. The van der Waals surface area contributed by atoms with Crippen LogP contribution in [0, 0.1) is 0 Å². The lowest BCUT2D eigenvalue weighted by atomic mass is 10.1. The Kier molecular flexibility index (Phi) is 5.76. The highest BCUT2D eigenvalue weighted by Crippen LogP contribution is 2.26. The summed E-state index contributed by atoms with van der Waals surface area (Å²) >= 11 is 0. The van der Waals surface area contributed by atoms with Gasteiger partial charge in [-0.25, -0.2) is 4.99 Å². The number of hydrogen-bond acceptors (Lipinski definition) is 5. The first kappa shape index (κ1) is 18.6. The van der Waals surface area contributed by atoms with E-state index in [4.69, 9.17) is 19.6 Å². The molecule has 5 nitrogen and oxygen atoms in total. The maximum absolute atomic E-state index is 5.46. The van der Waals surface area contributed by atoms with Gasteiger partial charge in [-0.05, 0) is 35.4 Å². The average Bonchev–Trinajstić information content (AvgIpc) is 3.22. The van der Waals surface area contributed by atoms with E-state index in [1.54, 1.807) is 13.3 Å². The van der Waals surface area contributed by atoms with Crippen LogP contribution in [0.25, 0.3) is 0 Å². The van der Waals surface area contributed by atoms with Crippen molar-refractivity contribution < 1.29 is 9.57 Å². The van der Waals surface area contributed by atoms with Gasteiger partial charge in [-0.1, -0.05) is 65.8 Å². The van der Waals surface area contributed by atoms with Gasteiger partial charge in [-0.15, -0.1) is 0 Å². The molecule has 3 aromatic rings. The standard InChI is InChI=1S/C24H21N3O2/c1-28-21-14-12-19(13-15-21)23-22(16-25-29-17-18-8-4-2-5-9-18)26-24(27-23)20-10-6-3-7-11-20/h2-16,24H,17H2,1H3/b25-16+. The molecular formula is C24H21N3O2. The van der Waals surface area contributed by atoms with Gasteiger partial charge in [0.1, 0.15) is 18.1 Å². The third-order valence-corrected chi connectivity index (χ3v) is 4.54. The van der Waals surface area contributed by atoms with E-state index in [1.807, 2.05) is 84.9 Å². The first-order valence-corrected chi connectivity index (χ1v) is 9.38. The van der Waals surface area contributed by atoms with Gasteiger partial charge in [0, 0.05) is 5.56 Å². The highest BCUT2D eigenvalue weighted by Gasteiger charge is 2.22. The molecule has 0 radical (unpaired) electrons. The Morgan fingerprint density at radius 3 is 2.24 bits per heavy atom. The Hall–Kier alpha value is -3.73. The van der Waals surface area contributed by atoms with Gasteiger partial charge in [0.25, 0.3) is 0 Å². The van der Waals surface area contributed by atoms with Crippen molar-refractivity contribution in [1.29, 1.82) is 0 Å². The molecule has 0 aliphatic carbocycles. The highest BCUT2D eigenvalue weighted by molar-refractivity contribution is 6.67. The molecule has 1 heterocycles. The fraction of sp³-hybridized carbons (Fsp3) is 0.125. The largest absolute Gasteiger partial charge is 0.497 e. The van der Waals surface area contributed by atoms with Crippen molar-refractivity contribution in [1.82, 2.24) is 0 Å². The van der Waals surface area contributed by atoms with Crippen molar-refractivity contribution in [3.8, 4) is 5.75 Å². The maximum atomic E-state index is 5.46. The van der Waals surface area contributed by atoms with E-state index >= 15 is 0 Å². The zero-order valence-corrected chi connectivity index (χ0v) is 16.1. The van der Waals surface area contributed by atoms with Gasteiger partial charge in [0.2, 0.25) is 0 Å². The lowest BCUT2D eigenvalue weighted by molar-refractivity contribution is 0.132. The normalized spacial score (nSPS) is 15.8. The number of nitrogens with zero attached hydrogens (tertiary/aromatic N) is 3. The van der Waals surface area contributed by atoms with E-state index in [-0.39, 0.29) is 6.17 Å². The molecule has 1 atom stereocenters. The second-order valence-electron chi connectivity index (χ2n) is 6.50. The summed E-state index contributed by atoms with van der Waals surface area (Å²) in [5.41, 5.74) is 4.53. The lowest BCUT2D eigenvalue weighted by Gasteiger charge is -2.04. The molecule has 4 rings (SSSR count). The predicted octanol–water partition coefficient (Wildman–Crippen LogP) is 4.84. The van der Waals surface area contributed by atoms with Crippen molar-refractivity contribution in [2.45, 2.75) is 12.8 Å². The third-order valence-electron chi connectivity index (χ3n) is 4.54. The topological polar surface area (TPSA) is 55.5 Å². The summed E-state index contributed by atoms with van der Waals surface area (Å²) in [5, 5.41) is 4.12. The molecule has 0 aromatic heterocycles. The molecule has 1 aliphatic heterocycles. The van der Waals surface area contributed by atoms with E-state index in [2.05, 4.69) is 5.16 Å². The molecule has 0 fully saturated rings. The quantitative estimate of drug-likeness (QED) is 0.433. The molecule has 0 amide bonds. The van der Waals surface area contributed by atoms with E-state index in [9.17, 15) is 0 Å². The molecule has 0 saturated carbocycles. The Bertz CT molecular complexity index is 1030. The zero-order chi connectivity index (χ0) is 19.9. The number of oxime groups is 1. The molecule has 0 spiro atoms. The summed E-state index contributed by atoms with van der Waals surface area (Å²) in [5.74, 6) is 0.797. The van der Waals surface area contributed by atoms with Crippen LogP contribution in [0.3, 0.4) is 0 Å². The van der Waals surface area contributed by atoms with Crippen molar-refractivity contribution >= 4 is 17.6 Å². The second kappa shape index (κ2) is 8.97. The summed E-state index contributed by atoms with van der Waals surface area (Å²) in [6.07, 6.45) is 1.35. The summed E-state index contributed by atoms with van der Waals surface area (Å²) in [6, 6.07) is 27.7. The van der Waals surface area contributed by atoms with Crippen molar-refractivity contribution in [3.05, 3.63) is 102 Å². The first-order chi connectivity index (χ1) is 14.3. The van der Waals surface area contributed by atoms with Crippen LogP contribution in [0.15, 0.2) is 100 Å². The fourth-order valence-electron chi connectivity index (χ4n) is 3.02. The van der Waals surface area contributed by atoms with Crippen LogP contribution in [0.2, 0.25) is 0 Å². The Morgan fingerprint density at radius 2 is 1.55 bits per heavy atom. The van der Waals surface area contributed by atoms with E-state index in [0.717, 1.165) is 28.2 Å². The minimum Gasteiger partial charge on any atom is -0.497 e. The Morgan fingerprint density at radius 1 is 0.862 bits per heavy atom. The van der Waals surface area contributed by atoms with Crippen LogP contribution in [-0.4, -0.2) is 24.7 Å². The Balaban J connectivity index is 1.56. The summed E-state index contributed by atoms with van der Waals surface area (Å²) < 4.78 is 5.25. The molecule has 29 heavy (non-hydrogen) atoms. The summed E-state index contributed by atoms with van der Waals surface area (Å²) in [7, 11) is 1.65. The van der Waals surface area contributed by atoms with E-state index < -0.39 is 0 Å². The number of aliphatic imine (C=N–C) groups is 2. The van der Waals surface area contributed by atoms with Crippen molar-refractivity contribution in [2.75, 3.05) is 7.11 Å².